The molecule has 146 valence electrons. The fraction of sp³-hybridized carbons (Fsp3) is 0.636. The number of carbonyl (C=O) groups is 2. The highest BCUT2D eigenvalue weighted by Crippen LogP contribution is 2.48. The molecule has 0 spiro atoms. The fourth-order valence-electron chi connectivity index (χ4n) is 4.76. The van der Waals surface area contributed by atoms with E-state index in [0.717, 1.165) is 45.2 Å². The molecule has 0 bridgehead atoms. The molecule has 1 heterocycles. The number of piperidine rings is 1. The summed E-state index contributed by atoms with van der Waals surface area (Å²) in [7, 11) is 0. The molecule has 5 heteroatoms. The largest absolute Gasteiger partial charge is 0.353 e. The zero-order valence-electron chi connectivity index (χ0n) is 15.8. The molecule has 3 fully saturated rings. The third-order valence-corrected chi connectivity index (χ3v) is 6.54. The maximum Gasteiger partial charge on any atom is 0.225 e. The van der Waals surface area contributed by atoms with Crippen LogP contribution in [0.5, 0.6) is 0 Å². The van der Waals surface area contributed by atoms with E-state index in [-0.39, 0.29) is 35.5 Å². The van der Waals surface area contributed by atoms with Crippen LogP contribution in [0.15, 0.2) is 24.3 Å². The van der Waals surface area contributed by atoms with E-state index in [9.17, 15) is 14.0 Å². The van der Waals surface area contributed by atoms with Crippen molar-refractivity contribution in [2.24, 2.45) is 11.8 Å². The molecule has 2 saturated carbocycles. The van der Waals surface area contributed by atoms with E-state index in [1.807, 2.05) is 11.0 Å². The number of likely N-dealkylation sites (tertiary alicyclic amines) is 1. The maximum absolute atomic E-state index is 13.9. The van der Waals surface area contributed by atoms with E-state index in [0.29, 0.717) is 11.5 Å². The summed E-state index contributed by atoms with van der Waals surface area (Å²) in [4.78, 5) is 27.2. The lowest BCUT2D eigenvalue weighted by Crippen LogP contribution is -2.48. The molecule has 27 heavy (non-hydrogen) atoms. The zero-order chi connectivity index (χ0) is 18.8. The Morgan fingerprint density at radius 3 is 2.41 bits per heavy atom. The number of amides is 2. The number of nitrogens with zero attached hydrogens (tertiary/aromatic N) is 1. The molecule has 4 rings (SSSR count). The van der Waals surface area contributed by atoms with Crippen molar-refractivity contribution in [3.63, 3.8) is 0 Å². The summed E-state index contributed by atoms with van der Waals surface area (Å²) in [6, 6.07) is 6.88. The lowest BCUT2D eigenvalue weighted by Gasteiger charge is -2.35. The van der Waals surface area contributed by atoms with Gasteiger partial charge >= 0.3 is 0 Å². The molecular formula is C22H29FN2O2. The molecule has 1 aromatic carbocycles. The molecule has 2 aliphatic carbocycles. The lowest BCUT2D eigenvalue weighted by atomic mass is 9.87. The Balaban J connectivity index is 1.23. The highest BCUT2D eigenvalue weighted by atomic mass is 19.1. The van der Waals surface area contributed by atoms with Gasteiger partial charge in [-0.3, -0.25) is 9.59 Å². The van der Waals surface area contributed by atoms with Gasteiger partial charge in [-0.15, -0.1) is 0 Å². The normalized spacial score (nSPS) is 26.6. The molecule has 2 atom stereocenters. The van der Waals surface area contributed by atoms with Crippen molar-refractivity contribution in [2.45, 2.75) is 63.3 Å². The number of benzene rings is 1. The molecule has 0 radical (unpaired) electrons. The minimum absolute atomic E-state index is 0.0131. The first-order chi connectivity index (χ1) is 13.1. The monoisotopic (exact) mass is 372 g/mol. The molecule has 1 saturated heterocycles. The van der Waals surface area contributed by atoms with Gasteiger partial charge in [0.25, 0.3) is 0 Å². The third kappa shape index (κ3) is 4.17. The first-order valence-electron chi connectivity index (χ1n) is 10.5. The minimum atomic E-state index is -0.215. The maximum atomic E-state index is 13.9. The van der Waals surface area contributed by atoms with Gasteiger partial charge in [0.05, 0.1) is 0 Å². The number of hydrogen-bond donors (Lipinski definition) is 1. The highest BCUT2D eigenvalue weighted by Gasteiger charge is 2.45. The van der Waals surface area contributed by atoms with Crippen molar-refractivity contribution < 1.29 is 14.0 Å². The molecule has 0 aromatic heterocycles. The number of carbonyl (C=O) groups excluding carboxylic acids is 2. The summed E-state index contributed by atoms with van der Waals surface area (Å²) in [6.07, 6.45) is 8.05. The lowest BCUT2D eigenvalue weighted by molar-refractivity contribution is -0.137. The van der Waals surface area contributed by atoms with Gasteiger partial charge in [-0.25, -0.2) is 4.39 Å². The van der Waals surface area contributed by atoms with Gasteiger partial charge in [0.15, 0.2) is 0 Å². The van der Waals surface area contributed by atoms with Crippen molar-refractivity contribution in [3.05, 3.63) is 35.6 Å². The summed E-state index contributed by atoms with van der Waals surface area (Å²) in [5, 5.41) is 3.14. The van der Waals surface area contributed by atoms with Crippen LogP contribution >= 0.6 is 0 Å². The number of nitrogens with one attached hydrogen (secondary N) is 1. The summed E-state index contributed by atoms with van der Waals surface area (Å²) >= 11 is 0. The predicted octanol–water partition coefficient (Wildman–Crippen LogP) is 3.62. The van der Waals surface area contributed by atoms with Crippen LogP contribution < -0.4 is 5.32 Å². The van der Waals surface area contributed by atoms with E-state index in [1.54, 1.807) is 12.1 Å². The second-order valence-electron chi connectivity index (χ2n) is 8.41. The topological polar surface area (TPSA) is 49.4 Å². The first-order valence-corrected chi connectivity index (χ1v) is 10.5. The van der Waals surface area contributed by atoms with E-state index < -0.39 is 0 Å². The van der Waals surface area contributed by atoms with Crippen LogP contribution in [-0.4, -0.2) is 35.8 Å². The van der Waals surface area contributed by atoms with E-state index in [4.69, 9.17) is 0 Å². The average Bonchev–Trinajstić information content (AvgIpc) is 3.50. The van der Waals surface area contributed by atoms with Crippen molar-refractivity contribution in [1.82, 2.24) is 10.2 Å². The van der Waals surface area contributed by atoms with Gasteiger partial charge in [-0.1, -0.05) is 37.5 Å². The molecule has 4 nitrogen and oxygen atoms in total. The van der Waals surface area contributed by atoms with E-state index in [1.165, 1.54) is 25.3 Å². The Morgan fingerprint density at radius 1 is 1.00 bits per heavy atom. The van der Waals surface area contributed by atoms with Crippen LogP contribution in [0.2, 0.25) is 0 Å². The van der Waals surface area contributed by atoms with E-state index >= 15 is 0 Å². The highest BCUT2D eigenvalue weighted by molar-refractivity contribution is 5.83. The van der Waals surface area contributed by atoms with Crippen LogP contribution in [0.4, 0.5) is 4.39 Å². The smallest absolute Gasteiger partial charge is 0.225 e. The summed E-state index contributed by atoms with van der Waals surface area (Å²) in [5.74, 6) is 0.273. The SMILES string of the molecule is O=C(NC1CCN(C(=O)C2CCCCC2)CC1)C1CC1c1ccccc1F. The van der Waals surface area contributed by atoms with Crippen molar-refractivity contribution in [1.29, 1.82) is 0 Å². The van der Waals surface area contributed by atoms with Crippen LogP contribution in [0.25, 0.3) is 0 Å². The first kappa shape index (κ1) is 18.5. The molecular weight excluding hydrogens is 343 g/mol. The standard InChI is InChI=1S/C22H29FN2O2/c23-20-9-5-4-8-17(20)18-14-19(18)21(26)24-16-10-12-25(13-11-16)22(27)15-6-2-1-3-7-15/h4-5,8-9,15-16,18-19H,1-3,6-7,10-14H2,(H,24,26). The van der Waals surface area contributed by atoms with Gasteiger partial charge in [-0.05, 0) is 49.7 Å². The predicted molar refractivity (Wildman–Crippen MR) is 102 cm³/mol. The number of rotatable bonds is 4. The third-order valence-electron chi connectivity index (χ3n) is 6.54. The van der Waals surface area contributed by atoms with Crippen LogP contribution in [0, 0.1) is 17.7 Å². The Morgan fingerprint density at radius 2 is 1.70 bits per heavy atom. The average molecular weight is 372 g/mol. The summed E-state index contributed by atoms with van der Waals surface area (Å²) in [5.41, 5.74) is 0.658. The quantitative estimate of drug-likeness (QED) is 0.878. The molecule has 2 amide bonds. The van der Waals surface area contributed by atoms with Crippen molar-refractivity contribution in [2.75, 3.05) is 13.1 Å². The van der Waals surface area contributed by atoms with Gasteiger partial charge in [0.1, 0.15) is 5.82 Å². The van der Waals surface area contributed by atoms with Crippen molar-refractivity contribution >= 4 is 11.8 Å². The Labute approximate surface area is 160 Å². The molecule has 1 N–H and O–H groups in total. The zero-order valence-corrected chi connectivity index (χ0v) is 15.8. The van der Waals surface area contributed by atoms with Crippen LogP contribution in [0.1, 0.15) is 62.8 Å². The van der Waals surface area contributed by atoms with Gasteiger partial charge < -0.3 is 10.2 Å². The van der Waals surface area contributed by atoms with E-state index in [2.05, 4.69) is 5.32 Å². The second-order valence-corrected chi connectivity index (χ2v) is 8.41. The Hall–Kier alpha value is -1.91. The summed E-state index contributed by atoms with van der Waals surface area (Å²) < 4.78 is 13.9. The second kappa shape index (κ2) is 7.99. The van der Waals surface area contributed by atoms with Gasteiger partial charge in [-0.2, -0.15) is 0 Å². The molecule has 3 aliphatic rings. The molecule has 2 unspecified atom stereocenters. The van der Waals surface area contributed by atoms with Crippen molar-refractivity contribution in [3.8, 4) is 0 Å². The van der Waals surface area contributed by atoms with Gasteiger partial charge in [0.2, 0.25) is 11.8 Å². The summed E-state index contributed by atoms with van der Waals surface area (Å²) in [6.45, 7) is 1.48. The van der Waals surface area contributed by atoms with Crippen LogP contribution in [-0.2, 0) is 9.59 Å². The van der Waals surface area contributed by atoms with Gasteiger partial charge in [0, 0.05) is 31.0 Å². The Bertz CT molecular complexity index is 693. The molecule has 1 aliphatic heterocycles. The Kier molecular flexibility index (Phi) is 5.46. The number of hydrogen-bond acceptors (Lipinski definition) is 2. The van der Waals surface area contributed by atoms with Crippen LogP contribution in [0.3, 0.4) is 0 Å². The molecule has 1 aromatic rings. The minimum Gasteiger partial charge on any atom is -0.353 e. The number of halogens is 1. The fourth-order valence-corrected chi connectivity index (χ4v) is 4.76.